The summed E-state index contributed by atoms with van der Waals surface area (Å²) in [5, 5.41) is 14.0. The van der Waals surface area contributed by atoms with Crippen LogP contribution < -0.4 is 5.32 Å². The second kappa shape index (κ2) is 5.94. The number of aromatic nitrogens is 1. The number of amides is 1. The van der Waals surface area contributed by atoms with Crippen molar-refractivity contribution in [3.8, 4) is 0 Å². The number of nitrogens with zero attached hydrogens (tertiary/aromatic N) is 2. The largest absolute Gasteiger partial charge is 0.298 e. The van der Waals surface area contributed by atoms with E-state index in [1.807, 2.05) is 25.1 Å². The molecule has 8 heteroatoms. The molecule has 0 unspecified atom stereocenters. The molecule has 6 nitrogen and oxygen atoms in total. The number of aryl methyl sites for hydroxylation is 1. The second-order valence-corrected chi connectivity index (χ2v) is 6.26. The molecule has 0 spiro atoms. The van der Waals surface area contributed by atoms with Gasteiger partial charge in [0.05, 0.1) is 15.1 Å². The van der Waals surface area contributed by atoms with Gasteiger partial charge in [-0.05, 0) is 30.7 Å². The van der Waals surface area contributed by atoms with Crippen molar-refractivity contribution in [1.82, 2.24) is 4.98 Å². The number of halogens is 1. The maximum Gasteiger partial charge on any atom is 0.288 e. The van der Waals surface area contributed by atoms with E-state index in [2.05, 4.69) is 10.3 Å². The first-order valence-corrected chi connectivity index (χ1v) is 7.76. The summed E-state index contributed by atoms with van der Waals surface area (Å²) in [5.74, 6) is -0.471. The molecule has 116 valence electrons. The fourth-order valence-electron chi connectivity index (χ4n) is 2.10. The number of thiazole rings is 1. The van der Waals surface area contributed by atoms with E-state index in [4.69, 9.17) is 11.6 Å². The van der Waals surface area contributed by atoms with Crippen LogP contribution in [0.4, 0.5) is 10.8 Å². The highest BCUT2D eigenvalue weighted by atomic mass is 35.5. The quantitative estimate of drug-likeness (QED) is 0.561. The van der Waals surface area contributed by atoms with Gasteiger partial charge in [0.1, 0.15) is 5.02 Å². The van der Waals surface area contributed by atoms with Crippen LogP contribution >= 0.6 is 22.9 Å². The number of nitro benzene ring substituents is 1. The standard InChI is InChI=1S/C15H10ClN3O3S/c1-8-3-2-4-12-13(8)17-15(23-12)18-14(20)9-5-6-10(16)11(7-9)19(21)22/h2-7H,1H3,(H,17,18,20). The maximum absolute atomic E-state index is 12.3. The van der Waals surface area contributed by atoms with Crippen LogP contribution in [0.25, 0.3) is 10.2 Å². The minimum Gasteiger partial charge on any atom is -0.298 e. The van der Waals surface area contributed by atoms with Gasteiger partial charge in [0, 0.05) is 11.6 Å². The lowest BCUT2D eigenvalue weighted by Crippen LogP contribution is -2.12. The molecule has 0 radical (unpaired) electrons. The van der Waals surface area contributed by atoms with E-state index in [0.717, 1.165) is 21.8 Å². The van der Waals surface area contributed by atoms with E-state index in [1.165, 1.54) is 23.5 Å². The summed E-state index contributed by atoms with van der Waals surface area (Å²) in [7, 11) is 0. The van der Waals surface area contributed by atoms with E-state index in [0.29, 0.717) is 5.13 Å². The first-order chi connectivity index (χ1) is 11.0. The highest BCUT2D eigenvalue weighted by Crippen LogP contribution is 2.29. The Bertz CT molecular complexity index is 939. The van der Waals surface area contributed by atoms with Crippen molar-refractivity contribution in [3.63, 3.8) is 0 Å². The minimum atomic E-state index is -0.625. The SMILES string of the molecule is Cc1cccc2sc(NC(=O)c3ccc(Cl)c([N+](=O)[O-])c3)nc12. The van der Waals surface area contributed by atoms with Crippen LogP contribution in [0.5, 0.6) is 0 Å². The predicted octanol–water partition coefficient (Wildman–Crippen LogP) is 4.42. The fraction of sp³-hybridized carbons (Fsp3) is 0.0667. The molecule has 3 aromatic rings. The summed E-state index contributed by atoms with van der Waals surface area (Å²) in [4.78, 5) is 26.9. The number of anilines is 1. The topological polar surface area (TPSA) is 85.1 Å². The average molecular weight is 348 g/mol. The van der Waals surface area contributed by atoms with Crippen molar-refractivity contribution >= 4 is 49.9 Å². The van der Waals surface area contributed by atoms with E-state index in [-0.39, 0.29) is 16.3 Å². The summed E-state index contributed by atoms with van der Waals surface area (Å²) in [6, 6.07) is 9.69. The molecule has 0 saturated carbocycles. The number of nitro groups is 1. The number of carbonyl (C=O) groups excluding carboxylic acids is 1. The van der Waals surface area contributed by atoms with Crippen LogP contribution in [0.3, 0.4) is 0 Å². The summed E-state index contributed by atoms with van der Waals surface area (Å²) < 4.78 is 0.961. The number of hydrogen-bond donors (Lipinski definition) is 1. The number of rotatable bonds is 3. The number of hydrogen-bond acceptors (Lipinski definition) is 5. The number of para-hydroxylation sites is 1. The summed E-state index contributed by atoms with van der Waals surface area (Å²) >= 11 is 7.09. The molecule has 3 rings (SSSR count). The monoisotopic (exact) mass is 347 g/mol. The van der Waals surface area contributed by atoms with Gasteiger partial charge in [-0.1, -0.05) is 35.1 Å². The first kappa shape index (κ1) is 15.4. The lowest BCUT2D eigenvalue weighted by atomic mass is 10.2. The zero-order chi connectivity index (χ0) is 16.6. The third-order valence-electron chi connectivity index (χ3n) is 3.25. The molecule has 23 heavy (non-hydrogen) atoms. The van der Waals surface area contributed by atoms with Crippen LogP contribution in [0, 0.1) is 17.0 Å². The lowest BCUT2D eigenvalue weighted by Gasteiger charge is -2.02. The zero-order valence-electron chi connectivity index (χ0n) is 11.9. The molecule has 1 N–H and O–H groups in total. The Morgan fingerprint density at radius 2 is 2.13 bits per heavy atom. The van der Waals surface area contributed by atoms with Crippen LogP contribution in [0.15, 0.2) is 36.4 Å². The van der Waals surface area contributed by atoms with Gasteiger partial charge in [0.2, 0.25) is 0 Å². The van der Waals surface area contributed by atoms with Gasteiger partial charge < -0.3 is 0 Å². The summed E-state index contributed by atoms with van der Waals surface area (Å²) in [6.45, 7) is 1.94. The molecule has 0 aliphatic rings. The van der Waals surface area contributed by atoms with Crippen molar-refractivity contribution in [2.75, 3.05) is 5.32 Å². The molecule has 1 aromatic heterocycles. The highest BCUT2D eigenvalue weighted by molar-refractivity contribution is 7.22. The van der Waals surface area contributed by atoms with Crippen molar-refractivity contribution in [3.05, 3.63) is 62.7 Å². The Kier molecular flexibility index (Phi) is 3.97. The third-order valence-corrected chi connectivity index (χ3v) is 4.50. The van der Waals surface area contributed by atoms with Gasteiger partial charge in [0.25, 0.3) is 11.6 Å². The van der Waals surface area contributed by atoms with Crippen molar-refractivity contribution in [1.29, 1.82) is 0 Å². The van der Waals surface area contributed by atoms with Crippen LogP contribution in [-0.2, 0) is 0 Å². The molecule has 0 aliphatic heterocycles. The van der Waals surface area contributed by atoms with E-state index in [1.54, 1.807) is 0 Å². The van der Waals surface area contributed by atoms with Gasteiger partial charge in [-0.2, -0.15) is 0 Å². The van der Waals surface area contributed by atoms with Crippen LogP contribution in [0.1, 0.15) is 15.9 Å². The third kappa shape index (κ3) is 3.01. The minimum absolute atomic E-state index is 0.0119. The van der Waals surface area contributed by atoms with Gasteiger partial charge in [-0.15, -0.1) is 0 Å². The smallest absolute Gasteiger partial charge is 0.288 e. The van der Waals surface area contributed by atoms with Crippen molar-refractivity contribution < 1.29 is 9.72 Å². The second-order valence-electron chi connectivity index (χ2n) is 4.82. The molecule has 2 aromatic carbocycles. The van der Waals surface area contributed by atoms with E-state index in [9.17, 15) is 14.9 Å². The number of nitrogens with one attached hydrogen (secondary N) is 1. The summed E-state index contributed by atoms with van der Waals surface area (Å²) in [6.07, 6.45) is 0. The Balaban J connectivity index is 1.90. The molecule has 0 bridgehead atoms. The number of benzene rings is 2. The maximum atomic E-state index is 12.3. The molecular formula is C15H10ClN3O3S. The predicted molar refractivity (Wildman–Crippen MR) is 90.4 cm³/mol. The fourth-order valence-corrected chi connectivity index (χ4v) is 3.23. The Morgan fingerprint density at radius 3 is 2.83 bits per heavy atom. The zero-order valence-corrected chi connectivity index (χ0v) is 13.4. The molecule has 0 fully saturated rings. The first-order valence-electron chi connectivity index (χ1n) is 6.57. The van der Waals surface area contributed by atoms with Gasteiger partial charge >= 0.3 is 0 Å². The number of carbonyl (C=O) groups is 1. The van der Waals surface area contributed by atoms with Crippen LogP contribution in [-0.4, -0.2) is 15.8 Å². The molecule has 0 aliphatic carbocycles. The van der Waals surface area contributed by atoms with Crippen molar-refractivity contribution in [2.24, 2.45) is 0 Å². The Labute approximate surface area is 139 Å². The average Bonchev–Trinajstić information content (AvgIpc) is 2.91. The summed E-state index contributed by atoms with van der Waals surface area (Å²) in [5.41, 5.74) is 1.69. The van der Waals surface area contributed by atoms with Gasteiger partial charge in [-0.25, -0.2) is 4.98 Å². The molecule has 0 atom stereocenters. The molecule has 1 amide bonds. The van der Waals surface area contributed by atoms with E-state index >= 15 is 0 Å². The molecule has 0 saturated heterocycles. The Morgan fingerprint density at radius 1 is 1.35 bits per heavy atom. The van der Waals surface area contributed by atoms with Gasteiger partial charge in [-0.3, -0.25) is 20.2 Å². The highest BCUT2D eigenvalue weighted by Gasteiger charge is 2.17. The van der Waals surface area contributed by atoms with E-state index < -0.39 is 10.8 Å². The van der Waals surface area contributed by atoms with Crippen molar-refractivity contribution in [2.45, 2.75) is 6.92 Å². The Hall–Kier alpha value is -2.51. The lowest BCUT2D eigenvalue weighted by molar-refractivity contribution is -0.384. The van der Waals surface area contributed by atoms with Crippen LogP contribution in [0.2, 0.25) is 5.02 Å². The molecule has 1 heterocycles. The van der Waals surface area contributed by atoms with Gasteiger partial charge in [0.15, 0.2) is 5.13 Å². The number of fused-ring (bicyclic) bond motifs is 1. The normalized spacial score (nSPS) is 10.7. The molecular weight excluding hydrogens is 338 g/mol.